The third kappa shape index (κ3) is 3.66. The predicted molar refractivity (Wildman–Crippen MR) is 97.8 cm³/mol. The lowest BCUT2D eigenvalue weighted by Crippen LogP contribution is -2.27. The van der Waals surface area contributed by atoms with E-state index in [2.05, 4.69) is 20.3 Å². The van der Waals surface area contributed by atoms with Crippen LogP contribution in [0.4, 0.5) is 0 Å². The number of nitrogens with zero attached hydrogens (tertiary/aromatic N) is 2. The van der Waals surface area contributed by atoms with E-state index in [0.717, 1.165) is 17.0 Å². The molecule has 3 aromatic heterocycles. The molecule has 3 heterocycles. The summed E-state index contributed by atoms with van der Waals surface area (Å²) in [6, 6.07) is 7.46. The minimum Gasteiger partial charge on any atom is -0.347 e. The number of hydrogen-bond donors (Lipinski definition) is 2. The Hall–Kier alpha value is -2.80. The maximum Gasteiger partial charge on any atom is 0.263 e. The molecule has 0 bridgehead atoms. The van der Waals surface area contributed by atoms with Gasteiger partial charge in [0.05, 0.1) is 11.4 Å². The molecular formula is C18H18N4O2S. The summed E-state index contributed by atoms with van der Waals surface area (Å²) in [6.45, 7) is 5.66. The second-order valence-electron chi connectivity index (χ2n) is 5.77. The van der Waals surface area contributed by atoms with Crippen molar-refractivity contribution < 1.29 is 4.79 Å². The van der Waals surface area contributed by atoms with Crippen LogP contribution in [0.5, 0.6) is 0 Å². The van der Waals surface area contributed by atoms with Gasteiger partial charge in [0, 0.05) is 24.0 Å². The first kappa shape index (κ1) is 17.0. The van der Waals surface area contributed by atoms with Crippen LogP contribution in [0.3, 0.4) is 0 Å². The molecule has 3 rings (SSSR count). The second-order valence-corrected chi connectivity index (χ2v) is 6.77. The summed E-state index contributed by atoms with van der Waals surface area (Å²) in [6.07, 6.45) is 1.69. The average molecular weight is 354 g/mol. The predicted octanol–water partition coefficient (Wildman–Crippen LogP) is 2.75. The third-order valence-corrected chi connectivity index (χ3v) is 4.99. The minimum atomic E-state index is -0.239. The average Bonchev–Trinajstić information content (AvgIpc) is 2.96. The molecule has 128 valence electrons. The Balaban J connectivity index is 1.79. The molecular weight excluding hydrogens is 336 g/mol. The number of H-pyrrole nitrogens is 1. The van der Waals surface area contributed by atoms with Gasteiger partial charge < -0.3 is 10.3 Å². The van der Waals surface area contributed by atoms with Gasteiger partial charge in [0.1, 0.15) is 9.88 Å². The number of aryl methyl sites for hydroxylation is 3. The van der Waals surface area contributed by atoms with E-state index in [1.165, 1.54) is 11.3 Å². The zero-order valence-corrected chi connectivity index (χ0v) is 15.0. The summed E-state index contributed by atoms with van der Waals surface area (Å²) in [5.41, 5.74) is 3.44. The maximum atomic E-state index is 12.5. The van der Waals surface area contributed by atoms with Gasteiger partial charge in [0.25, 0.3) is 11.5 Å². The number of carbonyl (C=O) groups excluding carboxylic acids is 1. The van der Waals surface area contributed by atoms with Crippen molar-refractivity contribution in [1.82, 2.24) is 20.3 Å². The molecule has 6 nitrogen and oxygen atoms in total. The molecule has 7 heteroatoms. The van der Waals surface area contributed by atoms with Crippen LogP contribution in [0.15, 0.2) is 35.3 Å². The van der Waals surface area contributed by atoms with Gasteiger partial charge in [-0.1, -0.05) is 6.07 Å². The van der Waals surface area contributed by atoms with Crippen molar-refractivity contribution in [2.24, 2.45) is 0 Å². The van der Waals surface area contributed by atoms with Gasteiger partial charge in [0.15, 0.2) is 0 Å². The van der Waals surface area contributed by atoms with Crippen molar-refractivity contribution >= 4 is 17.2 Å². The van der Waals surface area contributed by atoms with Crippen molar-refractivity contribution in [3.8, 4) is 10.7 Å². The molecule has 2 N–H and O–H groups in total. The van der Waals surface area contributed by atoms with E-state index in [9.17, 15) is 9.59 Å². The normalized spacial score (nSPS) is 10.7. The van der Waals surface area contributed by atoms with Crippen LogP contribution in [0.25, 0.3) is 10.7 Å². The van der Waals surface area contributed by atoms with Gasteiger partial charge in [-0.3, -0.25) is 14.6 Å². The maximum absolute atomic E-state index is 12.5. The van der Waals surface area contributed by atoms with Crippen LogP contribution >= 0.6 is 11.3 Å². The highest BCUT2D eigenvalue weighted by Gasteiger charge is 2.17. The zero-order chi connectivity index (χ0) is 18.0. The molecule has 0 aliphatic carbocycles. The summed E-state index contributed by atoms with van der Waals surface area (Å²) in [5.74, 6) is -0.239. The number of amides is 1. The van der Waals surface area contributed by atoms with E-state index in [-0.39, 0.29) is 18.0 Å². The summed E-state index contributed by atoms with van der Waals surface area (Å²) in [4.78, 5) is 36.5. The number of aromatic amines is 1. The van der Waals surface area contributed by atoms with Crippen molar-refractivity contribution in [3.05, 3.63) is 68.2 Å². The smallest absolute Gasteiger partial charge is 0.263 e. The first-order chi connectivity index (χ1) is 12.0. The SMILES string of the molecule is Cc1cc(C)c(CNC(=O)c2sc(-c3ccccn3)nc2C)c(=O)[nH]1. The Kier molecular flexibility index (Phi) is 4.76. The zero-order valence-electron chi connectivity index (χ0n) is 14.2. The third-order valence-electron chi connectivity index (χ3n) is 3.81. The molecule has 0 aromatic carbocycles. The summed E-state index contributed by atoms with van der Waals surface area (Å²) in [7, 11) is 0. The quantitative estimate of drug-likeness (QED) is 0.754. The number of pyridine rings is 2. The Morgan fingerprint density at radius 3 is 2.76 bits per heavy atom. The Labute approximate surface area is 149 Å². The molecule has 0 saturated heterocycles. The summed E-state index contributed by atoms with van der Waals surface area (Å²) < 4.78 is 0. The van der Waals surface area contributed by atoms with Gasteiger partial charge in [-0.15, -0.1) is 11.3 Å². The lowest BCUT2D eigenvalue weighted by Gasteiger charge is -2.07. The highest BCUT2D eigenvalue weighted by atomic mass is 32.1. The number of aromatic nitrogens is 3. The van der Waals surface area contributed by atoms with Crippen LogP contribution in [-0.2, 0) is 6.54 Å². The van der Waals surface area contributed by atoms with Crippen molar-refractivity contribution in [1.29, 1.82) is 0 Å². The molecule has 1 amide bonds. The monoisotopic (exact) mass is 354 g/mol. The highest BCUT2D eigenvalue weighted by Crippen LogP contribution is 2.26. The summed E-state index contributed by atoms with van der Waals surface area (Å²) >= 11 is 1.30. The fourth-order valence-corrected chi connectivity index (χ4v) is 3.52. The van der Waals surface area contributed by atoms with Crippen LogP contribution < -0.4 is 10.9 Å². The van der Waals surface area contributed by atoms with Crippen molar-refractivity contribution in [3.63, 3.8) is 0 Å². The molecule has 0 spiro atoms. The number of carbonyl (C=O) groups is 1. The van der Waals surface area contributed by atoms with Crippen molar-refractivity contribution in [2.45, 2.75) is 27.3 Å². The Morgan fingerprint density at radius 2 is 2.08 bits per heavy atom. The number of nitrogens with one attached hydrogen (secondary N) is 2. The van der Waals surface area contributed by atoms with Crippen molar-refractivity contribution in [2.75, 3.05) is 0 Å². The number of hydrogen-bond acceptors (Lipinski definition) is 5. The molecule has 0 saturated carbocycles. The van der Waals surface area contributed by atoms with Gasteiger partial charge in [-0.05, 0) is 44.5 Å². The molecule has 0 atom stereocenters. The number of rotatable bonds is 4. The lowest BCUT2D eigenvalue weighted by molar-refractivity contribution is 0.0954. The molecule has 3 aromatic rings. The van der Waals surface area contributed by atoms with Crippen LogP contribution in [0.2, 0.25) is 0 Å². The molecule has 0 aliphatic rings. The van der Waals surface area contributed by atoms with E-state index < -0.39 is 0 Å². The first-order valence-electron chi connectivity index (χ1n) is 7.82. The van der Waals surface area contributed by atoms with Gasteiger partial charge in [-0.2, -0.15) is 0 Å². The van der Waals surface area contributed by atoms with Gasteiger partial charge >= 0.3 is 0 Å². The highest BCUT2D eigenvalue weighted by molar-refractivity contribution is 7.17. The number of thiazole rings is 1. The Morgan fingerprint density at radius 1 is 1.28 bits per heavy atom. The fourth-order valence-electron chi connectivity index (χ4n) is 2.56. The van der Waals surface area contributed by atoms with E-state index in [1.807, 2.05) is 38.1 Å². The second kappa shape index (κ2) is 6.98. The molecule has 25 heavy (non-hydrogen) atoms. The summed E-state index contributed by atoms with van der Waals surface area (Å²) in [5, 5.41) is 3.51. The largest absolute Gasteiger partial charge is 0.347 e. The van der Waals surface area contributed by atoms with E-state index in [0.29, 0.717) is 21.1 Å². The minimum absolute atomic E-state index is 0.173. The topological polar surface area (TPSA) is 87.7 Å². The molecule has 0 aliphatic heterocycles. The van der Waals surface area contributed by atoms with Gasteiger partial charge in [0.2, 0.25) is 0 Å². The Bertz CT molecular complexity index is 976. The standard InChI is InChI=1S/C18H18N4O2S/c1-10-8-11(2)21-16(23)13(10)9-20-17(24)15-12(3)22-18(25-15)14-6-4-5-7-19-14/h4-8H,9H2,1-3H3,(H,20,24)(H,21,23). The first-order valence-corrected chi connectivity index (χ1v) is 8.64. The molecule has 0 radical (unpaired) electrons. The lowest BCUT2D eigenvalue weighted by atomic mass is 10.1. The van der Waals surface area contributed by atoms with Crippen LogP contribution in [0, 0.1) is 20.8 Å². The molecule has 0 fully saturated rings. The van der Waals surface area contributed by atoms with E-state index >= 15 is 0 Å². The fraction of sp³-hybridized carbons (Fsp3) is 0.222. The van der Waals surface area contributed by atoms with Crippen LogP contribution in [0.1, 0.15) is 32.2 Å². The van der Waals surface area contributed by atoms with E-state index in [1.54, 1.807) is 13.1 Å². The van der Waals surface area contributed by atoms with Gasteiger partial charge in [-0.25, -0.2) is 4.98 Å². The molecule has 0 unspecified atom stereocenters. The van der Waals surface area contributed by atoms with E-state index in [4.69, 9.17) is 0 Å². The van der Waals surface area contributed by atoms with Crippen LogP contribution in [-0.4, -0.2) is 20.9 Å².